The number of hydrogen-bond donors (Lipinski definition) is 0. The fraction of sp³-hybridized carbons (Fsp3) is 0.562. The Morgan fingerprint density at radius 3 is 2.84 bits per heavy atom. The smallest absolute Gasteiger partial charge is 0.119 e. The Kier molecular flexibility index (Phi) is 3.82. The fourth-order valence-electron chi connectivity index (χ4n) is 3.08. The molecule has 0 aromatic heterocycles. The highest BCUT2D eigenvalue weighted by molar-refractivity contribution is 5.35. The molecule has 1 saturated heterocycles. The van der Waals surface area contributed by atoms with Gasteiger partial charge in [0.05, 0.1) is 18.8 Å². The number of ether oxygens (including phenoxy) is 2. The lowest BCUT2D eigenvalue weighted by atomic mass is 9.67. The second-order valence-corrected chi connectivity index (χ2v) is 5.88. The van der Waals surface area contributed by atoms with Gasteiger partial charge in [-0.1, -0.05) is 12.1 Å². The second-order valence-electron chi connectivity index (χ2n) is 5.88. The second kappa shape index (κ2) is 5.22. The number of rotatable bonds is 3. The van der Waals surface area contributed by atoms with Gasteiger partial charge in [-0.25, -0.2) is 0 Å². The minimum absolute atomic E-state index is 0.120. The topological polar surface area (TPSA) is 42.2 Å². The molecule has 3 heteroatoms. The van der Waals surface area contributed by atoms with E-state index in [1.165, 1.54) is 5.56 Å². The summed E-state index contributed by atoms with van der Waals surface area (Å²) in [4.78, 5) is 0. The number of hydrogen-bond acceptors (Lipinski definition) is 3. The molecule has 0 unspecified atom stereocenters. The summed E-state index contributed by atoms with van der Waals surface area (Å²) >= 11 is 0. The third-order valence-corrected chi connectivity index (χ3v) is 3.94. The molecule has 0 spiro atoms. The minimum atomic E-state index is -0.182. The first kappa shape index (κ1) is 13.9. The normalized spacial score (nSPS) is 25.6. The summed E-state index contributed by atoms with van der Waals surface area (Å²) in [6, 6.07) is 10.4. The third kappa shape index (κ3) is 2.90. The van der Waals surface area contributed by atoms with Crippen LogP contribution < -0.4 is 4.74 Å². The molecule has 1 aromatic carbocycles. The molecule has 1 atom stereocenters. The first-order valence-corrected chi connectivity index (χ1v) is 6.67. The lowest BCUT2D eigenvalue weighted by molar-refractivity contribution is -0.0816. The van der Waals surface area contributed by atoms with Gasteiger partial charge in [-0.05, 0) is 44.4 Å². The van der Waals surface area contributed by atoms with Crippen molar-refractivity contribution >= 4 is 0 Å². The highest BCUT2D eigenvalue weighted by Crippen LogP contribution is 2.44. The number of nitriles is 1. The molecule has 1 aromatic rings. The molecule has 0 aliphatic carbocycles. The lowest BCUT2D eigenvalue weighted by Crippen LogP contribution is -2.43. The average Bonchev–Trinajstić information content (AvgIpc) is 2.38. The zero-order valence-electron chi connectivity index (χ0n) is 11.9. The first-order valence-electron chi connectivity index (χ1n) is 6.67. The molecule has 2 rings (SSSR count). The predicted molar refractivity (Wildman–Crippen MR) is 74.2 cm³/mol. The van der Waals surface area contributed by atoms with Crippen LogP contribution in [0.4, 0.5) is 0 Å². The van der Waals surface area contributed by atoms with E-state index in [1.807, 2.05) is 12.1 Å². The Hall–Kier alpha value is -1.53. The standard InChI is InChI=1S/C16H21NO2/c1-15(2)12-16(7-9-17,8-10-19-15)13-5-4-6-14(11-13)18-3/h4-6,11H,7-8,10,12H2,1-3H3/t16-/m1/s1. The fourth-order valence-corrected chi connectivity index (χ4v) is 3.08. The maximum absolute atomic E-state index is 9.22. The van der Waals surface area contributed by atoms with Crippen LogP contribution in [0.5, 0.6) is 5.75 Å². The summed E-state index contributed by atoms with van der Waals surface area (Å²) in [6.07, 6.45) is 2.27. The van der Waals surface area contributed by atoms with Crippen LogP contribution >= 0.6 is 0 Å². The first-order chi connectivity index (χ1) is 9.01. The van der Waals surface area contributed by atoms with E-state index in [2.05, 4.69) is 32.0 Å². The third-order valence-electron chi connectivity index (χ3n) is 3.94. The van der Waals surface area contributed by atoms with E-state index in [1.54, 1.807) is 7.11 Å². The Morgan fingerprint density at radius 2 is 2.21 bits per heavy atom. The SMILES string of the molecule is COc1cccc([C@]2(CC#N)CCOC(C)(C)C2)c1. The van der Waals surface area contributed by atoms with E-state index in [9.17, 15) is 5.26 Å². The van der Waals surface area contributed by atoms with Gasteiger partial charge in [0, 0.05) is 18.4 Å². The van der Waals surface area contributed by atoms with Gasteiger partial charge in [0.25, 0.3) is 0 Å². The molecule has 0 radical (unpaired) electrons. The summed E-state index contributed by atoms with van der Waals surface area (Å²) in [5.41, 5.74) is 0.883. The predicted octanol–water partition coefficient (Wildman–Crippen LogP) is 3.44. The van der Waals surface area contributed by atoms with Crippen molar-refractivity contribution in [3.63, 3.8) is 0 Å². The van der Waals surface area contributed by atoms with E-state index in [4.69, 9.17) is 9.47 Å². The van der Waals surface area contributed by atoms with Crippen molar-refractivity contribution < 1.29 is 9.47 Å². The molecule has 3 nitrogen and oxygen atoms in total. The largest absolute Gasteiger partial charge is 0.497 e. The van der Waals surface area contributed by atoms with E-state index in [-0.39, 0.29) is 11.0 Å². The van der Waals surface area contributed by atoms with Gasteiger partial charge in [-0.15, -0.1) is 0 Å². The van der Waals surface area contributed by atoms with Crippen LogP contribution in [0.25, 0.3) is 0 Å². The molecule has 0 saturated carbocycles. The maximum atomic E-state index is 9.22. The summed E-state index contributed by atoms with van der Waals surface area (Å²) in [7, 11) is 1.67. The number of methoxy groups -OCH3 is 1. The summed E-state index contributed by atoms with van der Waals surface area (Å²) in [5, 5.41) is 9.22. The van der Waals surface area contributed by atoms with Crippen LogP contribution in [-0.2, 0) is 10.2 Å². The van der Waals surface area contributed by atoms with E-state index >= 15 is 0 Å². The number of benzene rings is 1. The van der Waals surface area contributed by atoms with Crippen LogP contribution in [0.15, 0.2) is 24.3 Å². The monoisotopic (exact) mass is 259 g/mol. The van der Waals surface area contributed by atoms with Crippen molar-refractivity contribution in [3.05, 3.63) is 29.8 Å². The van der Waals surface area contributed by atoms with Crippen LogP contribution in [-0.4, -0.2) is 19.3 Å². The summed E-state index contributed by atoms with van der Waals surface area (Å²) < 4.78 is 11.1. The number of nitrogens with zero attached hydrogens (tertiary/aromatic N) is 1. The van der Waals surface area contributed by atoms with Crippen molar-refractivity contribution in [1.82, 2.24) is 0 Å². The van der Waals surface area contributed by atoms with Gasteiger partial charge >= 0.3 is 0 Å². The zero-order valence-corrected chi connectivity index (χ0v) is 11.9. The molecule has 1 aliphatic rings. The summed E-state index contributed by atoms with van der Waals surface area (Å²) in [6.45, 7) is 4.89. The lowest BCUT2D eigenvalue weighted by Gasteiger charge is -2.44. The van der Waals surface area contributed by atoms with Gasteiger partial charge in [0.2, 0.25) is 0 Å². The van der Waals surface area contributed by atoms with E-state index < -0.39 is 0 Å². The Labute approximate surface area is 115 Å². The molecular formula is C16H21NO2. The highest BCUT2D eigenvalue weighted by Gasteiger charge is 2.42. The average molecular weight is 259 g/mol. The van der Waals surface area contributed by atoms with Crippen LogP contribution in [0.3, 0.4) is 0 Å². The van der Waals surface area contributed by atoms with Crippen molar-refractivity contribution in [2.45, 2.75) is 44.1 Å². The van der Waals surface area contributed by atoms with Crippen molar-refractivity contribution in [2.24, 2.45) is 0 Å². The molecule has 1 aliphatic heterocycles. The molecule has 19 heavy (non-hydrogen) atoms. The quantitative estimate of drug-likeness (QED) is 0.835. The minimum Gasteiger partial charge on any atom is -0.497 e. The van der Waals surface area contributed by atoms with E-state index in [0.717, 1.165) is 18.6 Å². The van der Waals surface area contributed by atoms with Gasteiger partial charge in [0.15, 0.2) is 0 Å². The maximum Gasteiger partial charge on any atom is 0.119 e. The molecule has 1 heterocycles. The zero-order chi connectivity index (χ0) is 13.9. The van der Waals surface area contributed by atoms with Crippen LogP contribution in [0.2, 0.25) is 0 Å². The van der Waals surface area contributed by atoms with Crippen LogP contribution in [0, 0.1) is 11.3 Å². The van der Waals surface area contributed by atoms with Gasteiger partial charge < -0.3 is 9.47 Å². The highest BCUT2D eigenvalue weighted by atomic mass is 16.5. The Morgan fingerprint density at radius 1 is 1.42 bits per heavy atom. The van der Waals surface area contributed by atoms with Crippen LogP contribution in [0.1, 0.15) is 38.7 Å². The molecule has 102 valence electrons. The van der Waals surface area contributed by atoms with Gasteiger partial charge in [-0.2, -0.15) is 5.26 Å². The van der Waals surface area contributed by atoms with Crippen molar-refractivity contribution in [2.75, 3.05) is 13.7 Å². The molecular weight excluding hydrogens is 238 g/mol. The van der Waals surface area contributed by atoms with E-state index in [0.29, 0.717) is 13.0 Å². The molecule has 0 bridgehead atoms. The van der Waals surface area contributed by atoms with Crippen molar-refractivity contribution in [3.8, 4) is 11.8 Å². The Balaban J connectivity index is 2.41. The Bertz CT molecular complexity index is 490. The molecule has 0 N–H and O–H groups in total. The summed E-state index contributed by atoms with van der Waals surface area (Å²) in [5.74, 6) is 0.846. The van der Waals surface area contributed by atoms with Gasteiger partial charge in [-0.3, -0.25) is 0 Å². The van der Waals surface area contributed by atoms with Crippen molar-refractivity contribution in [1.29, 1.82) is 5.26 Å². The van der Waals surface area contributed by atoms with Gasteiger partial charge in [0.1, 0.15) is 5.75 Å². The molecule has 0 amide bonds. The molecule has 1 fully saturated rings.